The second-order valence-electron chi connectivity index (χ2n) is 10.5. The van der Waals surface area contributed by atoms with Crippen molar-refractivity contribution in [3.8, 4) is 5.75 Å². The number of ether oxygens (including phenoxy) is 1. The molecule has 1 atom stereocenters. The Kier molecular flexibility index (Phi) is 8.76. The molecule has 1 N–H and O–H groups in total. The van der Waals surface area contributed by atoms with E-state index in [1.807, 2.05) is 62.4 Å². The Labute approximate surface area is 204 Å². The summed E-state index contributed by atoms with van der Waals surface area (Å²) < 4.78 is 6.05. The van der Waals surface area contributed by atoms with Crippen LogP contribution < -0.4 is 10.1 Å². The minimum atomic E-state index is -0.532. The summed E-state index contributed by atoms with van der Waals surface area (Å²) in [6, 6.07) is 15.6. The van der Waals surface area contributed by atoms with Crippen LogP contribution >= 0.6 is 0 Å². The van der Waals surface area contributed by atoms with E-state index in [-0.39, 0.29) is 29.9 Å². The number of hydrogen-bond acceptors (Lipinski definition) is 3. The third-order valence-electron chi connectivity index (χ3n) is 6.61. The molecule has 2 aromatic rings. The van der Waals surface area contributed by atoms with Crippen molar-refractivity contribution in [3.05, 3.63) is 65.2 Å². The SMILES string of the molecule is CC[C@@H](C(=O)NC1CCCC1)N(Cc1ccc(C)cc1)C(=O)COc1ccccc1C(C)(C)C. The number of aryl methyl sites for hydroxylation is 1. The van der Waals surface area contributed by atoms with Gasteiger partial charge in [-0.05, 0) is 48.8 Å². The standard InChI is InChI=1S/C29H40N2O3/c1-6-25(28(33)30-23-11-7-8-12-23)31(19-22-17-15-21(2)16-18-22)27(32)20-34-26-14-10-9-13-24(26)29(3,4)5/h9-10,13-18,23,25H,6-8,11-12,19-20H2,1-5H3,(H,30,33)/t25-/m0/s1. The van der Waals surface area contributed by atoms with Gasteiger partial charge < -0.3 is 15.0 Å². The number of carbonyl (C=O) groups excluding carboxylic acids is 2. The summed E-state index contributed by atoms with van der Waals surface area (Å²) in [6.45, 7) is 10.6. The van der Waals surface area contributed by atoms with Crippen LogP contribution in [0.15, 0.2) is 48.5 Å². The summed E-state index contributed by atoms with van der Waals surface area (Å²) in [4.78, 5) is 28.4. The van der Waals surface area contributed by atoms with Crippen molar-refractivity contribution in [1.82, 2.24) is 10.2 Å². The first-order chi connectivity index (χ1) is 16.2. The molecule has 0 radical (unpaired) electrons. The van der Waals surface area contributed by atoms with Gasteiger partial charge in [0.05, 0.1) is 0 Å². The van der Waals surface area contributed by atoms with Crippen LogP contribution in [0.25, 0.3) is 0 Å². The quantitative estimate of drug-likeness (QED) is 0.530. The molecular formula is C29H40N2O3. The van der Waals surface area contributed by atoms with Crippen LogP contribution in [-0.4, -0.2) is 35.4 Å². The van der Waals surface area contributed by atoms with E-state index in [1.54, 1.807) is 4.90 Å². The van der Waals surface area contributed by atoms with Crippen LogP contribution in [0, 0.1) is 6.92 Å². The van der Waals surface area contributed by atoms with Gasteiger partial charge in [0.15, 0.2) is 6.61 Å². The Balaban J connectivity index is 1.79. The molecule has 0 spiro atoms. The van der Waals surface area contributed by atoms with Gasteiger partial charge in [-0.1, -0.05) is 88.6 Å². The lowest BCUT2D eigenvalue weighted by Gasteiger charge is -2.32. The number of rotatable bonds is 9. The maximum Gasteiger partial charge on any atom is 0.261 e. The molecule has 1 aliphatic carbocycles. The lowest BCUT2D eigenvalue weighted by Crippen LogP contribution is -2.52. The van der Waals surface area contributed by atoms with E-state index >= 15 is 0 Å². The van der Waals surface area contributed by atoms with Gasteiger partial charge in [-0.25, -0.2) is 0 Å². The molecule has 1 aliphatic rings. The fourth-order valence-electron chi connectivity index (χ4n) is 4.61. The average molecular weight is 465 g/mol. The van der Waals surface area contributed by atoms with Gasteiger partial charge in [-0.3, -0.25) is 9.59 Å². The summed E-state index contributed by atoms with van der Waals surface area (Å²) in [5.41, 5.74) is 3.11. The third-order valence-corrected chi connectivity index (χ3v) is 6.61. The number of hydrogen-bond donors (Lipinski definition) is 1. The molecule has 184 valence electrons. The second-order valence-corrected chi connectivity index (χ2v) is 10.5. The predicted octanol–water partition coefficient (Wildman–Crippen LogP) is 5.54. The van der Waals surface area contributed by atoms with E-state index in [0.29, 0.717) is 18.7 Å². The van der Waals surface area contributed by atoms with Gasteiger partial charge >= 0.3 is 0 Å². The number of para-hydroxylation sites is 1. The van der Waals surface area contributed by atoms with Crippen LogP contribution in [0.4, 0.5) is 0 Å². The monoisotopic (exact) mass is 464 g/mol. The van der Waals surface area contributed by atoms with Crippen molar-refractivity contribution in [2.24, 2.45) is 0 Å². The molecule has 1 saturated carbocycles. The number of nitrogens with zero attached hydrogens (tertiary/aromatic N) is 1. The highest BCUT2D eigenvalue weighted by atomic mass is 16.5. The fraction of sp³-hybridized carbons (Fsp3) is 0.517. The molecule has 0 heterocycles. The first kappa shape index (κ1) is 25.8. The van der Waals surface area contributed by atoms with Crippen LogP contribution in [0.3, 0.4) is 0 Å². The van der Waals surface area contributed by atoms with Gasteiger partial charge in [0, 0.05) is 12.6 Å². The Morgan fingerprint density at radius 1 is 1.06 bits per heavy atom. The number of benzene rings is 2. The minimum absolute atomic E-state index is 0.0649. The lowest BCUT2D eigenvalue weighted by molar-refractivity contribution is -0.143. The smallest absolute Gasteiger partial charge is 0.261 e. The van der Waals surface area contributed by atoms with Crippen molar-refractivity contribution in [1.29, 1.82) is 0 Å². The summed E-state index contributed by atoms with van der Waals surface area (Å²) in [5.74, 6) is 0.463. The molecule has 5 nitrogen and oxygen atoms in total. The van der Waals surface area contributed by atoms with E-state index in [9.17, 15) is 9.59 Å². The first-order valence-corrected chi connectivity index (χ1v) is 12.6. The Morgan fingerprint density at radius 3 is 2.32 bits per heavy atom. The van der Waals surface area contributed by atoms with Crippen molar-refractivity contribution in [3.63, 3.8) is 0 Å². The minimum Gasteiger partial charge on any atom is -0.483 e. The van der Waals surface area contributed by atoms with Gasteiger partial charge in [0.1, 0.15) is 11.8 Å². The zero-order chi connectivity index (χ0) is 24.7. The number of amides is 2. The Hall–Kier alpha value is -2.82. The highest BCUT2D eigenvalue weighted by molar-refractivity contribution is 5.88. The number of nitrogens with one attached hydrogen (secondary N) is 1. The maximum absolute atomic E-state index is 13.5. The summed E-state index contributed by atoms with van der Waals surface area (Å²) in [6.07, 6.45) is 4.87. The molecule has 0 bridgehead atoms. The van der Waals surface area contributed by atoms with Gasteiger partial charge in [0.2, 0.25) is 5.91 Å². The lowest BCUT2D eigenvalue weighted by atomic mass is 9.86. The second kappa shape index (κ2) is 11.5. The zero-order valence-corrected chi connectivity index (χ0v) is 21.4. The van der Waals surface area contributed by atoms with E-state index in [4.69, 9.17) is 4.74 Å². The molecular weight excluding hydrogens is 424 g/mol. The normalized spacial score (nSPS) is 15.1. The highest BCUT2D eigenvalue weighted by Gasteiger charge is 2.31. The molecule has 2 amide bonds. The van der Waals surface area contributed by atoms with E-state index in [0.717, 1.165) is 42.4 Å². The fourth-order valence-corrected chi connectivity index (χ4v) is 4.61. The molecule has 0 saturated heterocycles. The topological polar surface area (TPSA) is 58.6 Å². The van der Waals surface area contributed by atoms with Crippen LogP contribution in [-0.2, 0) is 21.5 Å². The summed E-state index contributed by atoms with van der Waals surface area (Å²) >= 11 is 0. The molecule has 5 heteroatoms. The molecule has 34 heavy (non-hydrogen) atoms. The molecule has 3 rings (SSSR count). The zero-order valence-electron chi connectivity index (χ0n) is 21.4. The number of carbonyl (C=O) groups is 2. The Morgan fingerprint density at radius 2 is 1.71 bits per heavy atom. The van der Waals surface area contributed by atoms with Crippen molar-refractivity contribution in [2.45, 2.75) is 90.8 Å². The third kappa shape index (κ3) is 6.85. The highest BCUT2D eigenvalue weighted by Crippen LogP contribution is 2.31. The van der Waals surface area contributed by atoms with Gasteiger partial charge in [-0.15, -0.1) is 0 Å². The van der Waals surface area contributed by atoms with Crippen molar-refractivity contribution in [2.75, 3.05) is 6.61 Å². The van der Waals surface area contributed by atoms with Gasteiger partial charge in [-0.2, -0.15) is 0 Å². The van der Waals surface area contributed by atoms with Crippen LogP contribution in [0.2, 0.25) is 0 Å². The molecule has 1 fully saturated rings. The molecule has 0 aromatic heterocycles. The molecule has 0 unspecified atom stereocenters. The van der Waals surface area contributed by atoms with Crippen LogP contribution in [0.5, 0.6) is 5.75 Å². The Bertz CT molecular complexity index is 956. The largest absolute Gasteiger partial charge is 0.483 e. The van der Waals surface area contributed by atoms with Gasteiger partial charge in [0.25, 0.3) is 5.91 Å². The van der Waals surface area contributed by atoms with Crippen molar-refractivity contribution < 1.29 is 14.3 Å². The van der Waals surface area contributed by atoms with Crippen molar-refractivity contribution >= 4 is 11.8 Å². The van der Waals surface area contributed by atoms with E-state index < -0.39 is 6.04 Å². The predicted molar refractivity (Wildman–Crippen MR) is 137 cm³/mol. The average Bonchev–Trinajstić information content (AvgIpc) is 3.31. The molecule has 2 aromatic carbocycles. The first-order valence-electron chi connectivity index (χ1n) is 12.6. The molecule has 0 aliphatic heterocycles. The van der Waals surface area contributed by atoms with E-state index in [2.05, 4.69) is 26.1 Å². The van der Waals surface area contributed by atoms with E-state index in [1.165, 1.54) is 0 Å². The summed E-state index contributed by atoms with van der Waals surface area (Å²) in [5, 5.41) is 3.19. The summed E-state index contributed by atoms with van der Waals surface area (Å²) in [7, 11) is 0. The maximum atomic E-state index is 13.5. The van der Waals surface area contributed by atoms with Crippen LogP contribution in [0.1, 0.15) is 76.5 Å².